The molecular formula is C16H19N3O3S. The molecule has 1 aromatic heterocycles. The SMILES string of the molecule is COc1cccc(CNC(=O)CC(NC(N)=O)c2cccs2)c1. The van der Waals surface area contributed by atoms with E-state index in [1.54, 1.807) is 7.11 Å². The normalized spacial score (nSPS) is 11.5. The molecule has 0 fully saturated rings. The minimum Gasteiger partial charge on any atom is -0.497 e. The number of amides is 3. The van der Waals surface area contributed by atoms with Crippen LogP contribution in [0.5, 0.6) is 5.75 Å². The van der Waals surface area contributed by atoms with Crippen LogP contribution in [0.1, 0.15) is 22.9 Å². The van der Waals surface area contributed by atoms with Gasteiger partial charge in [-0.3, -0.25) is 4.79 Å². The van der Waals surface area contributed by atoms with Crippen molar-refractivity contribution in [2.24, 2.45) is 5.73 Å². The zero-order valence-corrected chi connectivity index (χ0v) is 13.6. The van der Waals surface area contributed by atoms with Gasteiger partial charge < -0.3 is 21.1 Å². The molecule has 1 heterocycles. The number of carbonyl (C=O) groups is 2. The number of urea groups is 1. The quantitative estimate of drug-likeness (QED) is 0.725. The number of nitrogens with one attached hydrogen (secondary N) is 2. The van der Waals surface area contributed by atoms with Crippen LogP contribution in [-0.2, 0) is 11.3 Å². The van der Waals surface area contributed by atoms with Crippen LogP contribution in [-0.4, -0.2) is 19.0 Å². The monoisotopic (exact) mass is 333 g/mol. The first-order chi connectivity index (χ1) is 11.1. The molecule has 1 aromatic carbocycles. The molecule has 0 saturated carbocycles. The lowest BCUT2D eigenvalue weighted by Crippen LogP contribution is -2.36. The molecule has 0 spiro atoms. The summed E-state index contributed by atoms with van der Waals surface area (Å²) in [7, 11) is 1.60. The predicted molar refractivity (Wildman–Crippen MR) is 89.2 cm³/mol. The molecule has 3 amide bonds. The molecule has 0 aliphatic heterocycles. The molecule has 0 bridgehead atoms. The molecule has 7 heteroatoms. The van der Waals surface area contributed by atoms with E-state index in [2.05, 4.69) is 10.6 Å². The number of methoxy groups -OCH3 is 1. The van der Waals surface area contributed by atoms with Crippen LogP contribution in [0.4, 0.5) is 4.79 Å². The zero-order chi connectivity index (χ0) is 16.7. The van der Waals surface area contributed by atoms with E-state index < -0.39 is 12.1 Å². The zero-order valence-electron chi connectivity index (χ0n) is 12.7. The summed E-state index contributed by atoms with van der Waals surface area (Å²) in [6.07, 6.45) is 0.132. The first-order valence-electron chi connectivity index (χ1n) is 7.07. The van der Waals surface area contributed by atoms with Crippen molar-refractivity contribution >= 4 is 23.3 Å². The number of thiophene rings is 1. The lowest BCUT2D eigenvalue weighted by Gasteiger charge is -2.16. The summed E-state index contributed by atoms with van der Waals surface area (Å²) in [6.45, 7) is 0.393. The number of nitrogens with two attached hydrogens (primary N) is 1. The van der Waals surface area contributed by atoms with Gasteiger partial charge in [0.2, 0.25) is 5.91 Å². The topological polar surface area (TPSA) is 93.4 Å². The molecule has 2 aromatic rings. The fourth-order valence-corrected chi connectivity index (χ4v) is 2.90. The standard InChI is InChI=1S/C16H19N3O3S/c1-22-12-5-2-4-11(8-12)10-18-15(20)9-13(19-16(17)21)14-6-3-7-23-14/h2-8,13H,9-10H2,1H3,(H,18,20)(H3,17,19,21). The molecule has 0 radical (unpaired) electrons. The fourth-order valence-electron chi connectivity index (χ4n) is 2.12. The third-order valence-electron chi connectivity index (χ3n) is 3.22. The lowest BCUT2D eigenvalue weighted by molar-refractivity contribution is -0.121. The molecule has 122 valence electrons. The van der Waals surface area contributed by atoms with E-state index in [9.17, 15) is 9.59 Å². The Morgan fingerprint density at radius 1 is 1.30 bits per heavy atom. The number of hydrogen-bond acceptors (Lipinski definition) is 4. The van der Waals surface area contributed by atoms with Crippen LogP contribution in [0.25, 0.3) is 0 Å². The van der Waals surface area contributed by atoms with Gasteiger partial charge in [-0.25, -0.2) is 4.79 Å². The molecule has 23 heavy (non-hydrogen) atoms. The van der Waals surface area contributed by atoms with Gasteiger partial charge in [0.25, 0.3) is 0 Å². The molecule has 1 atom stereocenters. The van der Waals surface area contributed by atoms with Crippen LogP contribution < -0.4 is 21.1 Å². The Labute approximate surface area is 138 Å². The highest BCUT2D eigenvalue weighted by Crippen LogP contribution is 2.22. The third-order valence-corrected chi connectivity index (χ3v) is 4.20. The minimum atomic E-state index is -0.649. The van der Waals surface area contributed by atoms with E-state index in [1.165, 1.54) is 11.3 Å². The lowest BCUT2D eigenvalue weighted by atomic mass is 10.1. The van der Waals surface area contributed by atoms with E-state index in [1.807, 2.05) is 41.8 Å². The first kappa shape index (κ1) is 16.8. The Hall–Kier alpha value is -2.54. The first-order valence-corrected chi connectivity index (χ1v) is 7.95. The van der Waals surface area contributed by atoms with Gasteiger partial charge in [0, 0.05) is 11.4 Å². The Kier molecular flexibility index (Phi) is 5.99. The van der Waals surface area contributed by atoms with Crippen molar-refractivity contribution < 1.29 is 14.3 Å². The number of benzene rings is 1. The highest BCUT2D eigenvalue weighted by atomic mass is 32.1. The summed E-state index contributed by atoms with van der Waals surface area (Å²) in [4.78, 5) is 24.1. The van der Waals surface area contributed by atoms with Gasteiger partial charge in [-0.05, 0) is 29.1 Å². The van der Waals surface area contributed by atoms with Gasteiger partial charge in [0.05, 0.1) is 19.6 Å². The molecule has 2 rings (SSSR count). The highest BCUT2D eigenvalue weighted by molar-refractivity contribution is 7.10. The van der Waals surface area contributed by atoms with E-state index in [0.29, 0.717) is 6.54 Å². The van der Waals surface area contributed by atoms with Crippen molar-refractivity contribution in [2.45, 2.75) is 19.0 Å². The Bertz CT molecular complexity index is 658. The Morgan fingerprint density at radius 2 is 2.13 bits per heavy atom. The van der Waals surface area contributed by atoms with Crippen LogP contribution in [0.15, 0.2) is 41.8 Å². The summed E-state index contributed by atoms with van der Waals surface area (Å²) in [5.41, 5.74) is 6.12. The average Bonchev–Trinajstić information content (AvgIpc) is 3.06. The maximum atomic E-state index is 12.1. The third kappa shape index (κ3) is 5.30. The summed E-state index contributed by atoms with van der Waals surface area (Å²) >= 11 is 1.47. The Morgan fingerprint density at radius 3 is 2.78 bits per heavy atom. The minimum absolute atomic E-state index is 0.132. The number of ether oxygens (including phenoxy) is 1. The highest BCUT2D eigenvalue weighted by Gasteiger charge is 2.18. The predicted octanol–water partition coefficient (Wildman–Crippen LogP) is 2.17. The summed E-state index contributed by atoms with van der Waals surface area (Å²) in [6, 6.07) is 10.1. The molecule has 0 saturated heterocycles. The van der Waals surface area contributed by atoms with Crippen molar-refractivity contribution in [1.29, 1.82) is 0 Å². The van der Waals surface area contributed by atoms with Crippen LogP contribution in [0.3, 0.4) is 0 Å². The summed E-state index contributed by atoms with van der Waals surface area (Å²) in [5, 5.41) is 7.32. The molecule has 0 aliphatic carbocycles. The average molecular weight is 333 g/mol. The smallest absolute Gasteiger partial charge is 0.312 e. The Balaban J connectivity index is 1.92. The van der Waals surface area contributed by atoms with Crippen molar-refractivity contribution in [3.63, 3.8) is 0 Å². The van der Waals surface area contributed by atoms with Gasteiger partial charge in [-0.2, -0.15) is 0 Å². The van der Waals surface area contributed by atoms with E-state index in [0.717, 1.165) is 16.2 Å². The van der Waals surface area contributed by atoms with Crippen LogP contribution in [0.2, 0.25) is 0 Å². The van der Waals surface area contributed by atoms with Crippen molar-refractivity contribution in [1.82, 2.24) is 10.6 Å². The number of primary amides is 1. The molecule has 1 unspecified atom stereocenters. The van der Waals surface area contributed by atoms with Crippen LogP contribution in [0, 0.1) is 0 Å². The fraction of sp³-hybridized carbons (Fsp3) is 0.250. The largest absolute Gasteiger partial charge is 0.497 e. The number of rotatable bonds is 7. The number of hydrogen-bond donors (Lipinski definition) is 3. The molecular weight excluding hydrogens is 314 g/mol. The summed E-state index contributed by atoms with van der Waals surface area (Å²) < 4.78 is 5.15. The van der Waals surface area contributed by atoms with E-state index in [4.69, 9.17) is 10.5 Å². The molecule has 0 aliphatic rings. The molecule has 4 N–H and O–H groups in total. The van der Waals surface area contributed by atoms with Gasteiger partial charge in [0.15, 0.2) is 0 Å². The molecule has 6 nitrogen and oxygen atoms in total. The summed E-state index contributed by atoms with van der Waals surface area (Å²) in [5.74, 6) is 0.573. The second kappa shape index (κ2) is 8.19. The van der Waals surface area contributed by atoms with Crippen LogP contribution >= 0.6 is 11.3 Å². The van der Waals surface area contributed by atoms with E-state index in [-0.39, 0.29) is 12.3 Å². The maximum absolute atomic E-state index is 12.1. The van der Waals surface area contributed by atoms with Crippen molar-refractivity contribution in [3.05, 3.63) is 52.2 Å². The van der Waals surface area contributed by atoms with Gasteiger partial charge >= 0.3 is 6.03 Å². The van der Waals surface area contributed by atoms with Gasteiger partial charge in [0.1, 0.15) is 5.75 Å². The maximum Gasteiger partial charge on any atom is 0.312 e. The van der Waals surface area contributed by atoms with Gasteiger partial charge in [-0.1, -0.05) is 18.2 Å². The second-order valence-corrected chi connectivity index (χ2v) is 5.89. The number of carbonyl (C=O) groups excluding carboxylic acids is 2. The second-order valence-electron chi connectivity index (χ2n) is 4.91. The van der Waals surface area contributed by atoms with E-state index >= 15 is 0 Å². The van der Waals surface area contributed by atoms with Gasteiger partial charge in [-0.15, -0.1) is 11.3 Å². The van der Waals surface area contributed by atoms with Crippen molar-refractivity contribution in [3.8, 4) is 5.75 Å². The van der Waals surface area contributed by atoms with Crippen molar-refractivity contribution in [2.75, 3.05) is 7.11 Å².